The highest BCUT2D eigenvalue weighted by Gasteiger charge is 2.22. The summed E-state index contributed by atoms with van der Waals surface area (Å²) in [4.78, 5) is 0. The van der Waals surface area contributed by atoms with E-state index in [0.717, 1.165) is 24.9 Å². The third-order valence-corrected chi connectivity index (χ3v) is 2.74. The molecule has 0 radical (unpaired) electrons. The largest absolute Gasteiger partial charge is 0.326 e. The highest BCUT2D eigenvalue weighted by molar-refractivity contribution is 5.21. The zero-order valence-electron chi connectivity index (χ0n) is 8.04. The molecule has 0 unspecified atom stereocenters. The lowest BCUT2D eigenvalue weighted by Crippen LogP contribution is -2.42. The standard InChI is InChI=1S/C11H15FN2/c12-9-5-3-8(4-6-9)11-10(13)2-1-7-14-11/h3-6,10-11,14H,1-2,7,13H2/t10-,11-/m1/s1. The summed E-state index contributed by atoms with van der Waals surface area (Å²) in [5.74, 6) is -0.196. The van der Waals surface area contributed by atoms with Crippen molar-refractivity contribution in [3.8, 4) is 0 Å². The maximum Gasteiger partial charge on any atom is 0.123 e. The lowest BCUT2D eigenvalue weighted by atomic mass is 9.93. The number of hydrogen-bond acceptors (Lipinski definition) is 2. The van der Waals surface area contributed by atoms with Crippen molar-refractivity contribution in [2.24, 2.45) is 5.73 Å². The average Bonchev–Trinajstić information content (AvgIpc) is 2.20. The minimum absolute atomic E-state index is 0.147. The molecule has 1 saturated heterocycles. The van der Waals surface area contributed by atoms with Crippen molar-refractivity contribution in [3.63, 3.8) is 0 Å². The Morgan fingerprint density at radius 2 is 2.00 bits per heavy atom. The molecule has 0 aliphatic carbocycles. The van der Waals surface area contributed by atoms with Gasteiger partial charge in [0.2, 0.25) is 0 Å². The zero-order chi connectivity index (χ0) is 9.97. The van der Waals surface area contributed by atoms with Crippen molar-refractivity contribution in [3.05, 3.63) is 35.6 Å². The van der Waals surface area contributed by atoms with Crippen LogP contribution in [0.4, 0.5) is 4.39 Å². The first-order chi connectivity index (χ1) is 6.77. The van der Waals surface area contributed by atoms with Gasteiger partial charge in [0, 0.05) is 12.1 Å². The summed E-state index contributed by atoms with van der Waals surface area (Å²) in [6.07, 6.45) is 2.16. The van der Waals surface area contributed by atoms with Crippen molar-refractivity contribution in [1.82, 2.24) is 5.32 Å². The van der Waals surface area contributed by atoms with Crippen molar-refractivity contribution >= 4 is 0 Å². The topological polar surface area (TPSA) is 38.0 Å². The number of piperidine rings is 1. The molecule has 1 aromatic carbocycles. The van der Waals surface area contributed by atoms with E-state index < -0.39 is 0 Å². The fourth-order valence-electron chi connectivity index (χ4n) is 1.95. The molecule has 1 aromatic rings. The lowest BCUT2D eigenvalue weighted by Gasteiger charge is -2.30. The molecule has 1 aliphatic rings. The smallest absolute Gasteiger partial charge is 0.123 e. The Labute approximate surface area is 83.3 Å². The van der Waals surface area contributed by atoms with Crippen LogP contribution in [0.15, 0.2) is 24.3 Å². The molecule has 3 N–H and O–H groups in total. The molecular weight excluding hydrogens is 179 g/mol. The van der Waals surface area contributed by atoms with E-state index in [2.05, 4.69) is 5.32 Å². The number of hydrogen-bond donors (Lipinski definition) is 2. The number of halogens is 1. The van der Waals surface area contributed by atoms with Crippen molar-refractivity contribution in [2.45, 2.75) is 24.9 Å². The van der Waals surface area contributed by atoms with Crippen LogP contribution in [0.3, 0.4) is 0 Å². The van der Waals surface area contributed by atoms with Gasteiger partial charge in [-0.25, -0.2) is 4.39 Å². The fourth-order valence-corrected chi connectivity index (χ4v) is 1.95. The molecule has 0 spiro atoms. The Morgan fingerprint density at radius 1 is 1.29 bits per heavy atom. The van der Waals surface area contributed by atoms with E-state index in [1.54, 1.807) is 12.1 Å². The van der Waals surface area contributed by atoms with Crippen LogP contribution in [0.25, 0.3) is 0 Å². The Morgan fingerprint density at radius 3 is 2.64 bits per heavy atom. The van der Waals surface area contributed by atoms with Crippen LogP contribution in [0.2, 0.25) is 0 Å². The summed E-state index contributed by atoms with van der Waals surface area (Å²) in [6.45, 7) is 0.996. The SMILES string of the molecule is N[C@@H]1CCCN[C@@H]1c1ccc(F)cc1. The average molecular weight is 194 g/mol. The monoisotopic (exact) mass is 194 g/mol. The lowest BCUT2D eigenvalue weighted by molar-refractivity contribution is 0.358. The summed E-state index contributed by atoms with van der Waals surface area (Å²) >= 11 is 0. The van der Waals surface area contributed by atoms with Crippen LogP contribution < -0.4 is 11.1 Å². The zero-order valence-corrected chi connectivity index (χ0v) is 8.04. The van der Waals surface area contributed by atoms with E-state index in [4.69, 9.17) is 5.73 Å². The second-order valence-electron chi connectivity index (χ2n) is 3.79. The van der Waals surface area contributed by atoms with Crippen LogP contribution in [0.1, 0.15) is 24.4 Å². The molecule has 0 aromatic heterocycles. The maximum absolute atomic E-state index is 12.7. The third kappa shape index (κ3) is 1.94. The van der Waals surface area contributed by atoms with Gasteiger partial charge in [-0.15, -0.1) is 0 Å². The van der Waals surface area contributed by atoms with E-state index in [1.807, 2.05) is 0 Å². The normalized spacial score (nSPS) is 27.6. The number of rotatable bonds is 1. The van der Waals surface area contributed by atoms with Gasteiger partial charge in [-0.3, -0.25) is 0 Å². The van der Waals surface area contributed by atoms with Crippen LogP contribution in [-0.2, 0) is 0 Å². The Kier molecular flexibility index (Phi) is 2.79. The molecule has 1 heterocycles. The summed E-state index contributed by atoms with van der Waals surface area (Å²) in [7, 11) is 0. The molecule has 14 heavy (non-hydrogen) atoms. The molecule has 1 fully saturated rings. The van der Waals surface area contributed by atoms with Gasteiger partial charge in [0.25, 0.3) is 0 Å². The predicted molar refractivity (Wildman–Crippen MR) is 54.4 cm³/mol. The van der Waals surface area contributed by atoms with Crippen LogP contribution in [0, 0.1) is 5.82 Å². The summed E-state index contributed by atoms with van der Waals surface area (Å²) < 4.78 is 12.7. The summed E-state index contributed by atoms with van der Waals surface area (Å²) in [5.41, 5.74) is 7.07. The molecule has 0 amide bonds. The minimum atomic E-state index is -0.196. The van der Waals surface area contributed by atoms with Gasteiger partial charge in [0.1, 0.15) is 5.82 Å². The molecule has 0 saturated carbocycles. The Balaban J connectivity index is 2.16. The molecule has 0 bridgehead atoms. The van der Waals surface area contributed by atoms with Gasteiger partial charge >= 0.3 is 0 Å². The first-order valence-electron chi connectivity index (χ1n) is 5.02. The summed E-state index contributed by atoms with van der Waals surface area (Å²) in [6, 6.07) is 6.91. The number of nitrogens with two attached hydrogens (primary N) is 1. The van der Waals surface area contributed by atoms with Gasteiger partial charge in [-0.05, 0) is 37.1 Å². The van der Waals surface area contributed by atoms with Crippen molar-refractivity contribution < 1.29 is 4.39 Å². The van der Waals surface area contributed by atoms with Gasteiger partial charge in [0.05, 0.1) is 0 Å². The van der Waals surface area contributed by atoms with E-state index >= 15 is 0 Å². The third-order valence-electron chi connectivity index (χ3n) is 2.74. The van der Waals surface area contributed by atoms with Crippen molar-refractivity contribution in [2.75, 3.05) is 6.54 Å². The molecule has 1 aliphatic heterocycles. The molecule has 2 atom stereocenters. The molecule has 76 valence electrons. The second kappa shape index (κ2) is 4.07. The number of nitrogens with one attached hydrogen (secondary N) is 1. The fraction of sp³-hybridized carbons (Fsp3) is 0.455. The number of benzene rings is 1. The van der Waals surface area contributed by atoms with Crippen LogP contribution in [0.5, 0.6) is 0 Å². The highest BCUT2D eigenvalue weighted by atomic mass is 19.1. The van der Waals surface area contributed by atoms with Gasteiger partial charge in [0.15, 0.2) is 0 Å². The first-order valence-corrected chi connectivity index (χ1v) is 5.02. The van der Waals surface area contributed by atoms with Gasteiger partial charge < -0.3 is 11.1 Å². The maximum atomic E-state index is 12.7. The molecule has 2 rings (SSSR count). The quantitative estimate of drug-likeness (QED) is 0.712. The van der Waals surface area contributed by atoms with Crippen LogP contribution >= 0.6 is 0 Å². The molecule has 3 heteroatoms. The van der Waals surface area contributed by atoms with Gasteiger partial charge in [-0.2, -0.15) is 0 Å². The second-order valence-corrected chi connectivity index (χ2v) is 3.79. The van der Waals surface area contributed by atoms with Gasteiger partial charge in [-0.1, -0.05) is 12.1 Å². The Bertz CT molecular complexity index is 297. The minimum Gasteiger partial charge on any atom is -0.326 e. The molecule has 2 nitrogen and oxygen atoms in total. The highest BCUT2D eigenvalue weighted by Crippen LogP contribution is 2.22. The van der Waals surface area contributed by atoms with Crippen molar-refractivity contribution in [1.29, 1.82) is 0 Å². The molecular formula is C11H15FN2. The summed E-state index contributed by atoms with van der Waals surface area (Å²) in [5, 5.41) is 3.36. The van der Waals surface area contributed by atoms with E-state index in [0.29, 0.717) is 0 Å². The van der Waals surface area contributed by atoms with E-state index in [9.17, 15) is 4.39 Å². The predicted octanol–water partition coefficient (Wildman–Crippen LogP) is 1.58. The van der Waals surface area contributed by atoms with Crippen LogP contribution in [-0.4, -0.2) is 12.6 Å². The Hall–Kier alpha value is -0.930. The first kappa shape index (κ1) is 9.62. The van der Waals surface area contributed by atoms with E-state index in [1.165, 1.54) is 12.1 Å². The van der Waals surface area contributed by atoms with E-state index in [-0.39, 0.29) is 17.9 Å².